The van der Waals surface area contributed by atoms with Gasteiger partial charge < -0.3 is 10.1 Å². The second kappa shape index (κ2) is 11.6. The highest BCUT2D eigenvalue weighted by molar-refractivity contribution is 6.16. The van der Waals surface area contributed by atoms with E-state index in [0.717, 1.165) is 5.56 Å². The van der Waals surface area contributed by atoms with Gasteiger partial charge in [-0.05, 0) is 11.1 Å². The van der Waals surface area contributed by atoms with E-state index >= 15 is 0 Å². The number of benzene rings is 4. The molecule has 0 unspecified atom stereocenters. The molecule has 5 heteroatoms. The Bertz CT molecular complexity index is 1210. The van der Waals surface area contributed by atoms with E-state index in [1.54, 1.807) is 84.9 Å². The second-order valence-corrected chi connectivity index (χ2v) is 8.03. The minimum Gasteiger partial charge on any atom is -0.445 e. The topological polar surface area (TPSA) is 72.5 Å². The van der Waals surface area contributed by atoms with Crippen molar-refractivity contribution in [3.05, 3.63) is 144 Å². The highest BCUT2D eigenvalue weighted by Crippen LogP contribution is 2.29. The molecule has 4 aromatic carbocycles. The lowest BCUT2D eigenvalue weighted by Crippen LogP contribution is -2.41. The van der Waals surface area contributed by atoms with Crippen molar-refractivity contribution in [2.24, 2.45) is 5.92 Å². The van der Waals surface area contributed by atoms with Gasteiger partial charge in [-0.1, -0.05) is 121 Å². The van der Waals surface area contributed by atoms with Gasteiger partial charge in [-0.3, -0.25) is 9.59 Å². The number of carbonyl (C=O) groups is 3. The quantitative estimate of drug-likeness (QED) is 0.243. The summed E-state index contributed by atoms with van der Waals surface area (Å²) in [5.74, 6) is -1.94. The lowest BCUT2D eigenvalue weighted by molar-refractivity contribution is 0.0761. The molecule has 0 saturated heterocycles. The van der Waals surface area contributed by atoms with Gasteiger partial charge in [0.2, 0.25) is 0 Å². The third-order valence-corrected chi connectivity index (χ3v) is 5.66. The number of amides is 1. The molecule has 0 aromatic heterocycles. The van der Waals surface area contributed by atoms with Gasteiger partial charge in [-0.2, -0.15) is 0 Å². The highest BCUT2D eigenvalue weighted by Gasteiger charge is 2.38. The van der Waals surface area contributed by atoms with Crippen LogP contribution in [-0.2, 0) is 11.3 Å². The van der Waals surface area contributed by atoms with Gasteiger partial charge in [-0.25, -0.2) is 4.79 Å². The van der Waals surface area contributed by atoms with Crippen molar-refractivity contribution in [3.63, 3.8) is 0 Å². The fourth-order valence-electron chi connectivity index (χ4n) is 3.90. The summed E-state index contributed by atoms with van der Waals surface area (Å²) in [5, 5.41) is 2.80. The average molecular weight is 464 g/mol. The van der Waals surface area contributed by atoms with Crippen LogP contribution in [0.5, 0.6) is 0 Å². The minimum absolute atomic E-state index is 0.0676. The molecule has 0 aliphatic rings. The predicted octanol–water partition coefficient (Wildman–Crippen LogP) is 6.04. The van der Waals surface area contributed by atoms with Gasteiger partial charge in [0, 0.05) is 11.1 Å². The molecule has 0 spiro atoms. The Balaban J connectivity index is 1.69. The molecular weight excluding hydrogens is 438 g/mol. The van der Waals surface area contributed by atoms with Crippen LogP contribution in [0.4, 0.5) is 4.79 Å². The summed E-state index contributed by atoms with van der Waals surface area (Å²) in [7, 11) is 0. The van der Waals surface area contributed by atoms with Gasteiger partial charge >= 0.3 is 6.09 Å². The molecule has 1 atom stereocenters. The van der Waals surface area contributed by atoms with Crippen molar-refractivity contribution >= 4 is 17.7 Å². The van der Waals surface area contributed by atoms with E-state index in [4.69, 9.17) is 4.74 Å². The largest absolute Gasteiger partial charge is 0.445 e. The number of nitrogens with one attached hydrogen (secondary N) is 1. The monoisotopic (exact) mass is 463 g/mol. The van der Waals surface area contributed by atoms with Gasteiger partial charge in [0.05, 0.1) is 6.04 Å². The van der Waals surface area contributed by atoms with Crippen LogP contribution >= 0.6 is 0 Å². The van der Waals surface area contributed by atoms with Crippen molar-refractivity contribution in [2.75, 3.05) is 0 Å². The second-order valence-electron chi connectivity index (χ2n) is 8.03. The SMILES string of the molecule is O=C(N[C@@H](c1ccccc1)C(C(=O)c1ccccc1)C(=O)c1ccccc1)OCc1ccccc1. The molecule has 174 valence electrons. The van der Waals surface area contributed by atoms with E-state index in [0.29, 0.717) is 16.7 Å². The standard InChI is InChI=1S/C30H25NO4/c32-28(24-17-9-3-10-18-24)26(29(33)25-19-11-4-12-20-25)27(23-15-7-2-8-16-23)31-30(34)35-21-22-13-5-1-6-14-22/h1-20,26-27H,21H2,(H,31,34)/t27-/m0/s1. The zero-order valence-corrected chi connectivity index (χ0v) is 19.0. The number of rotatable bonds is 9. The Kier molecular flexibility index (Phi) is 7.81. The number of alkyl carbamates (subject to hydrolysis) is 1. The van der Waals surface area contributed by atoms with Crippen molar-refractivity contribution in [3.8, 4) is 0 Å². The molecule has 0 fully saturated rings. The zero-order valence-electron chi connectivity index (χ0n) is 19.0. The molecule has 0 saturated carbocycles. The van der Waals surface area contributed by atoms with Crippen molar-refractivity contribution in [2.45, 2.75) is 12.6 Å². The maximum absolute atomic E-state index is 13.7. The minimum atomic E-state index is -1.19. The smallest absolute Gasteiger partial charge is 0.407 e. The van der Waals surface area contributed by atoms with Crippen LogP contribution in [0.15, 0.2) is 121 Å². The van der Waals surface area contributed by atoms with Crippen LogP contribution in [0.2, 0.25) is 0 Å². The van der Waals surface area contributed by atoms with Crippen LogP contribution in [0.3, 0.4) is 0 Å². The molecule has 4 rings (SSSR count). The summed E-state index contributed by atoms with van der Waals surface area (Å²) in [5.41, 5.74) is 2.24. The van der Waals surface area contributed by atoms with Crippen LogP contribution < -0.4 is 5.32 Å². The lowest BCUT2D eigenvalue weighted by atomic mass is 9.81. The molecule has 5 nitrogen and oxygen atoms in total. The molecule has 4 aromatic rings. The molecule has 1 N–H and O–H groups in total. The predicted molar refractivity (Wildman–Crippen MR) is 134 cm³/mol. The molecule has 1 amide bonds. The van der Waals surface area contributed by atoms with Crippen LogP contribution in [-0.4, -0.2) is 17.7 Å². The zero-order chi connectivity index (χ0) is 24.5. The molecular formula is C30H25NO4. The Morgan fingerprint density at radius 2 is 1.03 bits per heavy atom. The number of hydrogen-bond donors (Lipinski definition) is 1. The van der Waals surface area contributed by atoms with Gasteiger partial charge in [0.15, 0.2) is 11.6 Å². The Morgan fingerprint density at radius 3 is 1.51 bits per heavy atom. The van der Waals surface area contributed by atoms with Crippen LogP contribution in [0.1, 0.15) is 37.9 Å². The van der Waals surface area contributed by atoms with Crippen molar-refractivity contribution in [1.29, 1.82) is 0 Å². The van der Waals surface area contributed by atoms with Crippen LogP contribution in [0, 0.1) is 5.92 Å². The Morgan fingerprint density at radius 1 is 0.600 bits per heavy atom. The summed E-state index contributed by atoms with van der Waals surface area (Å²) >= 11 is 0. The highest BCUT2D eigenvalue weighted by atomic mass is 16.5. The van der Waals surface area contributed by atoms with E-state index in [1.165, 1.54) is 0 Å². The maximum Gasteiger partial charge on any atom is 0.407 e. The Hall–Kier alpha value is -4.51. The lowest BCUT2D eigenvalue weighted by Gasteiger charge is -2.27. The van der Waals surface area contributed by atoms with Gasteiger partial charge in [0.25, 0.3) is 0 Å². The summed E-state index contributed by atoms with van der Waals surface area (Å²) in [6.45, 7) is 0.0676. The van der Waals surface area contributed by atoms with E-state index < -0.39 is 18.1 Å². The molecule has 0 aliphatic carbocycles. The normalized spacial score (nSPS) is 11.5. The number of ketones is 2. The van der Waals surface area contributed by atoms with Crippen LogP contribution in [0.25, 0.3) is 0 Å². The first-order valence-corrected chi connectivity index (χ1v) is 11.3. The van der Waals surface area contributed by atoms with E-state index in [2.05, 4.69) is 5.32 Å². The maximum atomic E-state index is 13.7. The van der Waals surface area contributed by atoms with Crippen molar-refractivity contribution in [1.82, 2.24) is 5.32 Å². The molecule has 0 aliphatic heterocycles. The van der Waals surface area contributed by atoms with E-state index in [-0.39, 0.29) is 18.2 Å². The first-order chi connectivity index (χ1) is 17.1. The average Bonchev–Trinajstić information content (AvgIpc) is 2.93. The molecule has 35 heavy (non-hydrogen) atoms. The van der Waals surface area contributed by atoms with Gasteiger partial charge in [0.1, 0.15) is 12.5 Å². The number of hydrogen-bond acceptors (Lipinski definition) is 4. The number of Topliss-reactive ketones (excluding diaryl/α,β-unsaturated/α-hetero) is 2. The third kappa shape index (κ3) is 6.09. The molecule has 0 bridgehead atoms. The molecule has 0 heterocycles. The van der Waals surface area contributed by atoms with E-state index in [1.807, 2.05) is 36.4 Å². The summed E-state index contributed by atoms with van der Waals surface area (Å²) < 4.78 is 5.43. The first kappa shape index (κ1) is 23.6. The number of carbonyl (C=O) groups excluding carboxylic acids is 3. The van der Waals surface area contributed by atoms with Crippen molar-refractivity contribution < 1.29 is 19.1 Å². The molecule has 0 radical (unpaired) electrons. The third-order valence-electron chi connectivity index (χ3n) is 5.66. The first-order valence-electron chi connectivity index (χ1n) is 11.3. The fraction of sp³-hybridized carbons (Fsp3) is 0.100. The number of ether oxygens (including phenoxy) is 1. The Labute approximate surface area is 204 Å². The summed E-state index contributed by atoms with van der Waals surface area (Å²) in [6, 6.07) is 34.6. The van der Waals surface area contributed by atoms with E-state index in [9.17, 15) is 14.4 Å². The fourth-order valence-corrected chi connectivity index (χ4v) is 3.90. The summed E-state index contributed by atoms with van der Waals surface area (Å²) in [4.78, 5) is 40.3. The summed E-state index contributed by atoms with van der Waals surface area (Å²) in [6.07, 6.45) is -0.713. The van der Waals surface area contributed by atoms with Gasteiger partial charge in [-0.15, -0.1) is 0 Å².